The summed E-state index contributed by atoms with van der Waals surface area (Å²) in [5.74, 6) is 2.59. The fraction of sp³-hybridized carbons (Fsp3) is 0.533. The van der Waals surface area contributed by atoms with Crippen molar-refractivity contribution in [1.29, 1.82) is 0 Å². The van der Waals surface area contributed by atoms with Gasteiger partial charge in [-0.1, -0.05) is 11.6 Å². The lowest BCUT2D eigenvalue weighted by Gasteiger charge is -2.13. The van der Waals surface area contributed by atoms with E-state index in [4.69, 9.17) is 21.1 Å². The summed E-state index contributed by atoms with van der Waals surface area (Å²) in [6.45, 7) is 0.638. The van der Waals surface area contributed by atoms with E-state index < -0.39 is 0 Å². The van der Waals surface area contributed by atoms with E-state index in [1.165, 1.54) is 7.11 Å². The van der Waals surface area contributed by atoms with Crippen molar-refractivity contribution in [3.63, 3.8) is 0 Å². The standard InChI is InChI=1S/C15H18BrClO3S/c1-19-14(18)9-15(4-5-15)10-21-7-6-20-13-3-2-11(17)8-12(13)16/h2-3,8H,4-7,9-10H2,1H3. The van der Waals surface area contributed by atoms with Gasteiger partial charge in [0.25, 0.3) is 0 Å². The molecule has 1 fully saturated rings. The summed E-state index contributed by atoms with van der Waals surface area (Å²) >= 11 is 11.1. The molecule has 2 rings (SSSR count). The lowest BCUT2D eigenvalue weighted by molar-refractivity contribution is -0.141. The minimum Gasteiger partial charge on any atom is -0.492 e. The number of benzene rings is 1. The van der Waals surface area contributed by atoms with Crippen LogP contribution in [-0.4, -0.2) is 31.2 Å². The first-order valence-corrected chi connectivity index (χ1v) is 9.10. The Hall–Kier alpha value is -0.390. The number of hydrogen-bond donors (Lipinski definition) is 0. The number of hydrogen-bond acceptors (Lipinski definition) is 4. The van der Waals surface area contributed by atoms with Gasteiger partial charge in [-0.25, -0.2) is 0 Å². The monoisotopic (exact) mass is 392 g/mol. The van der Waals surface area contributed by atoms with Crippen molar-refractivity contribution in [1.82, 2.24) is 0 Å². The van der Waals surface area contributed by atoms with E-state index in [9.17, 15) is 4.79 Å². The van der Waals surface area contributed by atoms with Crippen LogP contribution in [0.1, 0.15) is 19.3 Å². The van der Waals surface area contributed by atoms with E-state index >= 15 is 0 Å². The average molecular weight is 394 g/mol. The van der Waals surface area contributed by atoms with Crippen LogP contribution in [0.5, 0.6) is 5.75 Å². The molecule has 0 amide bonds. The second-order valence-electron chi connectivity index (χ2n) is 5.23. The van der Waals surface area contributed by atoms with Gasteiger partial charge in [0, 0.05) is 10.8 Å². The lowest BCUT2D eigenvalue weighted by Crippen LogP contribution is -2.14. The van der Waals surface area contributed by atoms with Crippen molar-refractivity contribution in [3.8, 4) is 5.75 Å². The third kappa shape index (κ3) is 5.38. The van der Waals surface area contributed by atoms with E-state index in [2.05, 4.69) is 15.9 Å². The predicted octanol–water partition coefficient (Wildman–Crippen LogP) is 4.56. The van der Waals surface area contributed by atoms with E-state index in [-0.39, 0.29) is 11.4 Å². The van der Waals surface area contributed by atoms with Crippen LogP contribution in [0.3, 0.4) is 0 Å². The third-order valence-electron chi connectivity index (χ3n) is 3.49. The number of halogens is 2. The highest BCUT2D eigenvalue weighted by Gasteiger charge is 2.44. The molecule has 6 heteroatoms. The van der Waals surface area contributed by atoms with Gasteiger partial charge in [-0.2, -0.15) is 11.8 Å². The first-order chi connectivity index (χ1) is 10.0. The molecule has 0 atom stereocenters. The first kappa shape index (κ1) is 17.0. The van der Waals surface area contributed by atoms with Crippen LogP contribution < -0.4 is 4.74 Å². The minimum absolute atomic E-state index is 0.102. The number of methoxy groups -OCH3 is 1. The second kappa shape index (κ2) is 7.75. The number of carbonyl (C=O) groups is 1. The van der Waals surface area contributed by atoms with E-state index in [0.29, 0.717) is 18.1 Å². The Morgan fingerprint density at radius 2 is 2.24 bits per heavy atom. The van der Waals surface area contributed by atoms with Crippen LogP contribution in [0.15, 0.2) is 22.7 Å². The highest BCUT2D eigenvalue weighted by molar-refractivity contribution is 9.10. The number of thioether (sulfide) groups is 1. The molecule has 0 N–H and O–H groups in total. The van der Waals surface area contributed by atoms with E-state index in [1.807, 2.05) is 30.0 Å². The molecular formula is C15H18BrClO3S. The largest absolute Gasteiger partial charge is 0.492 e. The fourth-order valence-electron chi connectivity index (χ4n) is 2.02. The summed E-state index contributed by atoms with van der Waals surface area (Å²) in [6, 6.07) is 5.49. The summed E-state index contributed by atoms with van der Waals surface area (Å²) in [4.78, 5) is 11.3. The lowest BCUT2D eigenvalue weighted by atomic mass is 10.1. The molecule has 1 aromatic rings. The average Bonchev–Trinajstić information content (AvgIpc) is 3.20. The molecule has 21 heavy (non-hydrogen) atoms. The van der Waals surface area contributed by atoms with Gasteiger partial charge in [-0.05, 0) is 58.1 Å². The van der Waals surface area contributed by atoms with E-state index in [1.54, 1.807) is 0 Å². The summed E-state index contributed by atoms with van der Waals surface area (Å²) in [7, 11) is 1.45. The maximum Gasteiger partial charge on any atom is 0.306 e. The van der Waals surface area contributed by atoms with Crippen LogP contribution in [0.2, 0.25) is 5.02 Å². The molecule has 0 heterocycles. The molecule has 0 saturated heterocycles. The molecule has 0 aromatic heterocycles. The quantitative estimate of drug-likeness (QED) is 0.479. The Labute approximate surface area is 142 Å². The van der Waals surface area contributed by atoms with Crippen molar-refractivity contribution in [2.45, 2.75) is 19.3 Å². The SMILES string of the molecule is COC(=O)CC1(CSCCOc2ccc(Cl)cc2Br)CC1. The fourth-order valence-corrected chi connectivity index (χ4v) is 3.99. The van der Waals surface area contributed by atoms with Gasteiger partial charge in [0.2, 0.25) is 0 Å². The summed E-state index contributed by atoms with van der Waals surface area (Å²) in [6.07, 6.45) is 2.79. The zero-order valence-electron chi connectivity index (χ0n) is 11.9. The highest BCUT2D eigenvalue weighted by atomic mass is 79.9. The van der Waals surface area contributed by atoms with Crippen molar-refractivity contribution in [2.24, 2.45) is 5.41 Å². The Morgan fingerprint density at radius 3 is 2.86 bits per heavy atom. The molecular weight excluding hydrogens is 376 g/mol. The highest BCUT2D eigenvalue weighted by Crippen LogP contribution is 2.51. The molecule has 0 radical (unpaired) electrons. The van der Waals surface area contributed by atoms with Crippen LogP contribution in [0.25, 0.3) is 0 Å². The number of esters is 1. The maximum atomic E-state index is 11.3. The van der Waals surface area contributed by atoms with Gasteiger partial charge in [0.1, 0.15) is 5.75 Å². The first-order valence-electron chi connectivity index (χ1n) is 6.77. The van der Waals surface area contributed by atoms with Gasteiger partial charge in [0.15, 0.2) is 0 Å². The van der Waals surface area contributed by atoms with Gasteiger partial charge >= 0.3 is 5.97 Å². The number of rotatable bonds is 8. The van der Waals surface area contributed by atoms with Gasteiger partial charge in [-0.3, -0.25) is 4.79 Å². The molecule has 1 aromatic carbocycles. The van der Waals surface area contributed by atoms with Crippen molar-refractivity contribution >= 4 is 45.3 Å². The molecule has 0 bridgehead atoms. The maximum absolute atomic E-state index is 11.3. The Morgan fingerprint density at radius 1 is 1.48 bits per heavy atom. The van der Waals surface area contributed by atoms with Crippen LogP contribution in [-0.2, 0) is 9.53 Å². The Kier molecular flexibility index (Phi) is 6.26. The van der Waals surface area contributed by atoms with Gasteiger partial charge in [-0.15, -0.1) is 0 Å². The summed E-state index contributed by atoms with van der Waals surface area (Å²) in [5.41, 5.74) is 0.179. The molecule has 0 unspecified atom stereocenters. The molecule has 1 aliphatic carbocycles. The van der Waals surface area contributed by atoms with Crippen LogP contribution >= 0.6 is 39.3 Å². The summed E-state index contributed by atoms with van der Waals surface area (Å²) in [5, 5.41) is 0.682. The van der Waals surface area contributed by atoms with Crippen molar-refractivity contribution < 1.29 is 14.3 Å². The summed E-state index contributed by atoms with van der Waals surface area (Å²) < 4.78 is 11.3. The predicted molar refractivity (Wildman–Crippen MR) is 90.3 cm³/mol. The molecule has 1 aliphatic rings. The number of ether oxygens (including phenoxy) is 2. The molecule has 0 aliphatic heterocycles. The minimum atomic E-state index is -0.102. The third-order valence-corrected chi connectivity index (χ3v) is 5.62. The van der Waals surface area contributed by atoms with Crippen LogP contribution in [0.4, 0.5) is 0 Å². The van der Waals surface area contributed by atoms with E-state index in [0.717, 1.165) is 34.6 Å². The zero-order chi connectivity index (χ0) is 15.3. The molecule has 0 spiro atoms. The Balaban J connectivity index is 1.65. The smallest absolute Gasteiger partial charge is 0.306 e. The zero-order valence-corrected chi connectivity index (χ0v) is 15.0. The van der Waals surface area contributed by atoms with Gasteiger partial charge in [0.05, 0.1) is 24.6 Å². The van der Waals surface area contributed by atoms with Crippen LogP contribution in [0, 0.1) is 5.41 Å². The molecule has 1 saturated carbocycles. The molecule has 3 nitrogen and oxygen atoms in total. The Bertz CT molecular complexity index is 506. The topological polar surface area (TPSA) is 35.5 Å². The normalized spacial score (nSPS) is 15.6. The second-order valence-corrected chi connectivity index (χ2v) is 7.62. The van der Waals surface area contributed by atoms with Crippen molar-refractivity contribution in [3.05, 3.63) is 27.7 Å². The van der Waals surface area contributed by atoms with Gasteiger partial charge < -0.3 is 9.47 Å². The van der Waals surface area contributed by atoms with Crippen molar-refractivity contribution in [2.75, 3.05) is 25.2 Å². The number of carbonyl (C=O) groups excluding carboxylic acids is 1. The molecule has 116 valence electrons.